The molecule has 2 N–H and O–H groups in total. The maximum Gasteiger partial charge on any atom is 0.307 e. The number of carbonyl (C=O) groups is 2. The molecule has 0 fully saturated rings. The van der Waals surface area contributed by atoms with Crippen LogP contribution in [0.1, 0.15) is 41.5 Å². The Morgan fingerprint density at radius 1 is 0.838 bits per heavy atom. The molecule has 0 saturated heterocycles. The van der Waals surface area contributed by atoms with Crippen molar-refractivity contribution < 1.29 is 24.5 Å². The van der Waals surface area contributed by atoms with Crippen LogP contribution >= 0.6 is 0 Å². The third-order valence-corrected chi connectivity index (χ3v) is 6.21. The smallest absolute Gasteiger partial charge is 0.307 e. The van der Waals surface area contributed by atoms with E-state index < -0.39 is 11.9 Å². The number of nitrogens with zero attached hydrogens (tertiary/aromatic N) is 1. The highest BCUT2D eigenvalue weighted by Gasteiger charge is 2.14. The zero-order chi connectivity index (χ0) is 26.0. The molecule has 1 heterocycles. The molecule has 6 nitrogen and oxygen atoms in total. The topological polar surface area (TPSA) is 88.8 Å². The van der Waals surface area contributed by atoms with Crippen molar-refractivity contribution >= 4 is 35.0 Å². The van der Waals surface area contributed by atoms with E-state index in [1.54, 1.807) is 0 Å². The van der Waals surface area contributed by atoms with Crippen LogP contribution in [0.15, 0.2) is 79.0 Å². The minimum atomic E-state index is -0.900. The summed E-state index contributed by atoms with van der Waals surface area (Å²) in [4.78, 5) is 22.4. The Kier molecular flexibility index (Phi) is 8.76. The van der Waals surface area contributed by atoms with Gasteiger partial charge in [0, 0.05) is 30.1 Å². The van der Waals surface area contributed by atoms with Gasteiger partial charge < -0.3 is 19.5 Å². The lowest BCUT2D eigenvalue weighted by molar-refractivity contribution is -0.137. The van der Waals surface area contributed by atoms with Gasteiger partial charge in [0.05, 0.1) is 13.0 Å². The van der Waals surface area contributed by atoms with Crippen LogP contribution in [0.4, 0.5) is 0 Å². The Morgan fingerprint density at radius 3 is 2.35 bits per heavy atom. The number of carboxylic acids is 2. The first kappa shape index (κ1) is 25.8. The zero-order valence-corrected chi connectivity index (χ0v) is 20.7. The summed E-state index contributed by atoms with van der Waals surface area (Å²) in [7, 11) is 0. The Morgan fingerprint density at radius 2 is 1.62 bits per heavy atom. The first-order valence-electron chi connectivity index (χ1n) is 12.5. The number of ether oxygens (including phenoxy) is 1. The second-order valence-electron chi connectivity index (χ2n) is 9.00. The maximum atomic E-state index is 11.5. The first-order valence-corrected chi connectivity index (χ1v) is 12.5. The molecule has 0 aliphatic rings. The van der Waals surface area contributed by atoms with E-state index in [9.17, 15) is 14.7 Å². The van der Waals surface area contributed by atoms with Crippen molar-refractivity contribution in [2.75, 3.05) is 6.61 Å². The molecule has 1 aromatic heterocycles. The predicted octanol–water partition coefficient (Wildman–Crippen LogP) is 6.32. The number of aromatic nitrogens is 1. The highest BCUT2D eigenvalue weighted by molar-refractivity contribution is 5.96. The molecule has 0 unspecified atom stereocenters. The molecule has 0 radical (unpaired) electrons. The molecule has 37 heavy (non-hydrogen) atoms. The first-order chi connectivity index (χ1) is 18.0. The van der Waals surface area contributed by atoms with Crippen LogP contribution in [0.5, 0.6) is 5.75 Å². The van der Waals surface area contributed by atoms with E-state index in [0.717, 1.165) is 46.2 Å². The summed E-state index contributed by atoms with van der Waals surface area (Å²) >= 11 is 0. The fourth-order valence-electron chi connectivity index (χ4n) is 4.46. The Labute approximate surface area is 216 Å². The van der Waals surface area contributed by atoms with Crippen LogP contribution in [-0.2, 0) is 29.0 Å². The van der Waals surface area contributed by atoms with Crippen molar-refractivity contribution in [3.05, 3.63) is 101 Å². The molecule has 0 aliphatic heterocycles. The lowest BCUT2D eigenvalue weighted by atomic mass is 10.0. The Balaban J connectivity index is 1.44. The second kappa shape index (κ2) is 12.6. The van der Waals surface area contributed by atoms with E-state index in [2.05, 4.69) is 12.1 Å². The normalized spacial score (nSPS) is 11.2. The maximum absolute atomic E-state index is 11.5. The lowest BCUT2D eigenvalue weighted by Crippen LogP contribution is -2.01. The van der Waals surface area contributed by atoms with Crippen molar-refractivity contribution in [1.82, 2.24) is 4.57 Å². The number of hydrogen-bond donors (Lipinski definition) is 2. The Bertz CT molecular complexity index is 1370. The van der Waals surface area contributed by atoms with Crippen molar-refractivity contribution in [1.29, 1.82) is 0 Å². The SMILES string of the molecule is O=C(O)CCCn1cc(CC(=O)O)c2c(C=Cc3ccc(OCCCc4ccccc4)cc3)cccc21. The summed E-state index contributed by atoms with van der Waals surface area (Å²) in [6, 6.07) is 24.1. The highest BCUT2D eigenvalue weighted by Crippen LogP contribution is 2.28. The minimum absolute atomic E-state index is 0.0697. The minimum Gasteiger partial charge on any atom is -0.494 e. The van der Waals surface area contributed by atoms with Crippen LogP contribution in [-0.4, -0.2) is 33.3 Å². The number of benzene rings is 3. The molecule has 0 aliphatic carbocycles. The number of aryl methyl sites for hydroxylation is 2. The van der Waals surface area contributed by atoms with E-state index in [-0.39, 0.29) is 12.8 Å². The highest BCUT2D eigenvalue weighted by atomic mass is 16.5. The largest absolute Gasteiger partial charge is 0.494 e. The van der Waals surface area contributed by atoms with E-state index in [4.69, 9.17) is 9.84 Å². The van der Waals surface area contributed by atoms with Crippen molar-refractivity contribution in [2.45, 2.75) is 38.6 Å². The number of fused-ring (bicyclic) bond motifs is 1. The molecule has 0 spiro atoms. The van der Waals surface area contributed by atoms with Crippen LogP contribution in [0.25, 0.3) is 23.1 Å². The molecule has 190 valence electrons. The van der Waals surface area contributed by atoms with Crippen LogP contribution < -0.4 is 4.74 Å². The van der Waals surface area contributed by atoms with Gasteiger partial charge in [0.25, 0.3) is 0 Å². The quantitative estimate of drug-likeness (QED) is 0.167. The molecule has 0 atom stereocenters. The van der Waals surface area contributed by atoms with Gasteiger partial charge in [-0.2, -0.15) is 0 Å². The van der Waals surface area contributed by atoms with Gasteiger partial charge in [0.15, 0.2) is 0 Å². The Hall–Kier alpha value is -4.32. The van der Waals surface area contributed by atoms with E-state index in [0.29, 0.717) is 19.6 Å². The molecule has 0 amide bonds. The van der Waals surface area contributed by atoms with Gasteiger partial charge in [-0.3, -0.25) is 9.59 Å². The average molecular weight is 498 g/mol. The molecule has 4 aromatic rings. The van der Waals surface area contributed by atoms with Gasteiger partial charge in [-0.25, -0.2) is 0 Å². The van der Waals surface area contributed by atoms with Gasteiger partial charge >= 0.3 is 11.9 Å². The van der Waals surface area contributed by atoms with Crippen LogP contribution in [0, 0.1) is 0 Å². The molecular weight excluding hydrogens is 466 g/mol. The molecule has 6 heteroatoms. The van der Waals surface area contributed by atoms with Gasteiger partial charge in [-0.1, -0.05) is 66.7 Å². The number of aliphatic carboxylic acids is 2. The summed E-state index contributed by atoms with van der Waals surface area (Å²) < 4.78 is 7.84. The summed E-state index contributed by atoms with van der Waals surface area (Å²) in [6.45, 7) is 1.17. The molecule has 0 bridgehead atoms. The average Bonchev–Trinajstić information content (AvgIpc) is 3.23. The van der Waals surface area contributed by atoms with E-state index in [1.807, 2.05) is 83.6 Å². The van der Waals surface area contributed by atoms with Gasteiger partial charge in [-0.05, 0) is 59.7 Å². The van der Waals surface area contributed by atoms with Gasteiger partial charge in [0.2, 0.25) is 0 Å². The van der Waals surface area contributed by atoms with E-state index in [1.165, 1.54) is 5.56 Å². The summed E-state index contributed by atoms with van der Waals surface area (Å²) in [6.07, 6.45) is 8.21. The van der Waals surface area contributed by atoms with Crippen molar-refractivity contribution in [3.63, 3.8) is 0 Å². The standard InChI is InChI=1S/C31H31NO5/c33-29(34)12-5-19-32-22-26(21-30(35)36)31-25(10-4-11-28(31)32)16-13-24-14-17-27(18-15-24)37-20-6-9-23-7-2-1-3-8-23/h1-4,7-8,10-11,13-18,22H,5-6,9,12,19-21H2,(H,33,34)(H,35,36). The fraction of sp³-hybridized carbons (Fsp3) is 0.226. The number of carboxylic acid groups (broad SMARTS) is 2. The predicted molar refractivity (Wildman–Crippen MR) is 146 cm³/mol. The van der Waals surface area contributed by atoms with Crippen LogP contribution in [0.2, 0.25) is 0 Å². The third kappa shape index (κ3) is 7.34. The fourth-order valence-corrected chi connectivity index (χ4v) is 4.46. The zero-order valence-electron chi connectivity index (χ0n) is 20.7. The summed E-state index contributed by atoms with van der Waals surface area (Å²) in [5.41, 5.74) is 4.87. The summed E-state index contributed by atoms with van der Waals surface area (Å²) in [5, 5.41) is 19.3. The number of hydrogen-bond acceptors (Lipinski definition) is 3. The van der Waals surface area contributed by atoms with Crippen LogP contribution in [0.3, 0.4) is 0 Å². The third-order valence-electron chi connectivity index (χ3n) is 6.21. The lowest BCUT2D eigenvalue weighted by Gasteiger charge is -2.07. The number of rotatable bonds is 13. The molecule has 3 aromatic carbocycles. The monoisotopic (exact) mass is 497 g/mol. The van der Waals surface area contributed by atoms with Gasteiger partial charge in [0.1, 0.15) is 5.75 Å². The molecule has 0 saturated carbocycles. The summed E-state index contributed by atoms with van der Waals surface area (Å²) in [5.74, 6) is -0.910. The molecule has 4 rings (SSSR count). The molecular formula is C31H31NO5. The second-order valence-corrected chi connectivity index (χ2v) is 9.00. The van der Waals surface area contributed by atoms with Crippen molar-refractivity contribution in [3.8, 4) is 5.75 Å². The van der Waals surface area contributed by atoms with E-state index >= 15 is 0 Å². The van der Waals surface area contributed by atoms with Crippen molar-refractivity contribution in [2.24, 2.45) is 0 Å². The van der Waals surface area contributed by atoms with Gasteiger partial charge in [-0.15, -0.1) is 0 Å².